The Labute approximate surface area is 166 Å². The molecule has 3 N–H and O–H groups in total. The van der Waals surface area contributed by atoms with E-state index in [-0.39, 0.29) is 5.04 Å². The normalized spacial score (nSPS) is 12.6. The summed E-state index contributed by atoms with van der Waals surface area (Å²) < 4.78 is 0. The van der Waals surface area contributed by atoms with Crippen molar-refractivity contribution in [2.75, 3.05) is 6.54 Å². The summed E-state index contributed by atoms with van der Waals surface area (Å²) in [5.41, 5.74) is 5.53. The van der Waals surface area contributed by atoms with E-state index in [1.54, 1.807) is 0 Å². The maximum Gasteiger partial charge on any atom is 0.258 e. The van der Waals surface area contributed by atoms with Crippen LogP contribution in [0, 0.1) is 0 Å². The van der Waals surface area contributed by atoms with Crippen LogP contribution in [0.5, 0.6) is 0 Å². The van der Waals surface area contributed by atoms with Gasteiger partial charge in [0.1, 0.15) is 0 Å². The minimum absolute atomic E-state index is 0.150. The Morgan fingerprint density at radius 3 is 1.78 bits per heavy atom. The first kappa shape index (κ1) is 21.6. The number of benzene rings is 2. The van der Waals surface area contributed by atoms with E-state index in [4.69, 9.17) is 5.73 Å². The van der Waals surface area contributed by atoms with Crippen LogP contribution in [0.1, 0.15) is 52.4 Å². The lowest BCUT2D eigenvalue weighted by molar-refractivity contribution is 0.458. The smallest absolute Gasteiger partial charge is 0.258 e. The molecule has 2 aromatic rings. The molecule has 2 nitrogen and oxygen atoms in total. The van der Waals surface area contributed by atoms with Crippen LogP contribution in [-0.2, 0) is 0 Å². The zero-order chi connectivity index (χ0) is 19.6. The quantitative estimate of drug-likeness (QED) is 0.345. The second kappa shape index (κ2) is 10.6. The molecule has 3 heteroatoms. The van der Waals surface area contributed by atoms with Gasteiger partial charge in [-0.2, -0.15) is 0 Å². The highest BCUT2D eigenvalue weighted by Gasteiger charge is 2.49. The molecule has 0 saturated heterocycles. The third kappa shape index (κ3) is 5.65. The van der Waals surface area contributed by atoms with Crippen LogP contribution in [0.25, 0.3) is 0 Å². The highest BCUT2D eigenvalue weighted by molar-refractivity contribution is 6.98. The summed E-state index contributed by atoms with van der Waals surface area (Å²) in [4.78, 5) is 12.1. The minimum Gasteiger partial charge on any atom is -0.424 e. The molecule has 0 fully saturated rings. The van der Waals surface area contributed by atoms with Crippen LogP contribution in [0.15, 0.2) is 72.8 Å². The summed E-state index contributed by atoms with van der Waals surface area (Å²) in [7, 11) is -2.85. The number of hydrogen-bond donors (Lipinski definition) is 2. The van der Waals surface area contributed by atoms with E-state index in [0.29, 0.717) is 0 Å². The van der Waals surface area contributed by atoms with Crippen LogP contribution in [0.2, 0.25) is 5.04 Å². The number of unbranched alkanes of at least 4 members (excludes halogenated alkanes) is 3. The second-order valence-electron chi connectivity index (χ2n) is 7.97. The van der Waals surface area contributed by atoms with Crippen molar-refractivity contribution in [1.82, 2.24) is 0 Å². The second-order valence-corrected chi connectivity index (χ2v) is 11.9. The number of nitrogens with two attached hydrogens (primary N) is 1. The molecule has 0 radical (unpaired) electrons. The number of hydrogen-bond acceptors (Lipinski definition) is 2. The fourth-order valence-corrected chi connectivity index (χ4v) is 7.58. The zero-order valence-corrected chi connectivity index (χ0v) is 17.9. The molecule has 0 aliphatic carbocycles. The van der Waals surface area contributed by atoms with Gasteiger partial charge in [0.25, 0.3) is 8.32 Å². The first-order chi connectivity index (χ1) is 13.0. The first-order valence-electron chi connectivity index (χ1n) is 10.2. The van der Waals surface area contributed by atoms with E-state index in [2.05, 4.69) is 50.3 Å². The predicted molar refractivity (Wildman–Crippen MR) is 120 cm³/mol. The Morgan fingerprint density at radius 1 is 0.815 bits per heavy atom. The molecule has 0 atom stereocenters. The summed E-state index contributed by atoms with van der Waals surface area (Å²) in [6.07, 6.45) is 11.1. The van der Waals surface area contributed by atoms with Gasteiger partial charge in [-0.15, -0.1) is 0 Å². The largest absolute Gasteiger partial charge is 0.424 e. The predicted octanol–water partition coefficient (Wildman–Crippen LogP) is 4.37. The van der Waals surface area contributed by atoms with Gasteiger partial charge in [-0.1, -0.05) is 86.7 Å². The SMILES string of the molecule is CC(C)(CCC/C=C\CCCCN)[Si](O)(c1ccccc1)c1ccccc1. The van der Waals surface area contributed by atoms with Gasteiger partial charge in [-0.3, -0.25) is 0 Å². The third-order valence-electron chi connectivity index (χ3n) is 5.53. The molecule has 0 aromatic heterocycles. The Kier molecular flexibility index (Phi) is 8.49. The van der Waals surface area contributed by atoms with Gasteiger partial charge in [0.15, 0.2) is 0 Å². The molecule has 0 aliphatic rings. The maximum absolute atomic E-state index is 12.1. The molecular formula is C24H35NOSi. The lowest BCUT2D eigenvalue weighted by atomic mass is 10.0. The third-order valence-corrected chi connectivity index (χ3v) is 10.1. The molecule has 0 spiro atoms. The van der Waals surface area contributed by atoms with Crippen LogP contribution < -0.4 is 16.1 Å². The van der Waals surface area contributed by atoms with Crippen LogP contribution in [0.4, 0.5) is 0 Å². The molecule has 0 unspecified atom stereocenters. The van der Waals surface area contributed by atoms with Gasteiger partial charge in [0.2, 0.25) is 0 Å². The van der Waals surface area contributed by atoms with Crippen molar-refractivity contribution in [2.24, 2.45) is 5.73 Å². The van der Waals surface area contributed by atoms with Crippen molar-refractivity contribution in [3.8, 4) is 0 Å². The lowest BCUT2D eigenvalue weighted by Crippen LogP contribution is -2.65. The van der Waals surface area contributed by atoms with Crippen molar-refractivity contribution in [3.63, 3.8) is 0 Å². The lowest BCUT2D eigenvalue weighted by Gasteiger charge is -2.41. The average Bonchev–Trinajstić information content (AvgIpc) is 2.70. The zero-order valence-electron chi connectivity index (χ0n) is 16.9. The van der Waals surface area contributed by atoms with Gasteiger partial charge in [-0.05, 0) is 60.5 Å². The molecule has 0 heterocycles. The molecule has 2 rings (SSSR count). The van der Waals surface area contributed by atoms with E-state index in [1.807, 2.05) is 36.4 Å². The molecular weight excluding hydrogens is 346 g/mol. The fourth-order valence-electron chi connectivity index (χ4n) is 3.79. The highest BCUT2D eigenvalue weighted by Crippen LogP contribution is 2.40. The standard InChI is InChI=1S/C24H35NOSi/c1-24(2,20-14-6-4-3-5-7-15-21-25)27(26,22-16-10-8-11-17-22)23-18-12-9-13-19-23/h3-4,8-13,16-19,26H,5-7,14-15,20-21,25H2,1-2H3/b4-3-. The van der Waals surface area contributed by atoms with Crippen LogP contribution >= 0.6 is 0 Å². The van der Waals surface area contributed by atoms with Crippen LogP contribution in [-0.4, -0.2) is 19.7 Å². The van der Waals surface area contributed by atoms with E-state index < -0.39 is 8.32 Å². The van der Waals surface area contributed by atoms with E-state index in [9.17, 15) is 4.80 Å². The minimum atomic E-state index is -2.85. The summed E-state index contributed by atoms with van der Waals surface area (Å²) >= 11 is 0. The van der Waals surface area contributed by atoms with Gasteiger partial charge in [0.05, 0.1) is 0 Å². The summed E-state index contributed by atoms with van der Waals surface area (Å²) in [5, 5.41) is 2.04. The first-order valence-corrected chi connectivity index (χ1v) is 12.2. The van der Waals surface area contributed by atoms with Crippen molar-refractivity contribution in [1.29, 1.82) is 0 Å². The monoisotopic (exact) mass is 381 g/mol. The Hall–Kier alpha value is -1.68. The van der Waals surface area contributed by atoms with Crippen molar-refractivity contribution < 1.29 is 4.80 Å². The van der Waals surface area contributed by atoms with Crippen molar-refractivity contribution in [3.05, 3.63) is 72.8 Å². The summed E-state index contributed by atoms with van der Waals surface area (Å²) in [6.45, 7) is 5.26. The van der Waals surface area contributed by atoms with E-state index in [1.165, 1.54) is 6.42 Å². The number of allylic oxidation sites excluding steroid dienone is 2. The van der Waals surface area contributed by atoms with Gasteiger partial charge < -0.3 is 10.5 Å². The molecule has 0 bridgehead atoms. The molecule has 2 aromatic carbocycles. The molecule has 146 valence electrons. The molecule has 0 saturated carbocycles. The van der Waals surface area contributed by atoms with Crippen molar-refractivity contribution in [2.45, 2.75) is 57.4 Å². The average molecular weight is 382 g/mol. The van der Waals surface area contributed by atoms with E-state index in [0.717, 1.165) is 49.0 Å². The van der Waals surface area contributed by atoms with Gasteiger partial charge >= 0.3 is 0 Å². The topological polar surface area (TPSA) is 46.2 Å². The van der Waals surface area contributed by atoms with E-state index >= 15 is 0 Å². The number of rotatable bonds is 11. The summed E-state index contributed by atoms with van der Waals surface area (Å²) in [5.74, 6) is 0. The Morgan fingerprint density at radius 2 is 1.30 bits per heavy atom. The molecule has 0 aliphatic heterocycles. The van der Waals surface area contributed by atoms with Crippen LogP contribution in [0.3, 0.4) is 0 Å². The fraction of sp³-hybridized carbons (Fsp3) is 0.417. The van der Waals surface area contributed by atoms with Crippen molar-refractivity contribution >= 4 is 18.7 Å². The van der Waals surface area contributed by atoms with Gasteiger partial charge in [0, 0.05) is 0 Å². The Balaban J connectivity index is 2.10. The highest BCUT2D eigenvalue weighted by atomic mass is 28.4. The van der Waals surface area contributed by atoms with Gasteiger partial charge in [-0.25, -0.2) is 0 Å². The molecule has 0 amide bonds. The molecule has 27 heavy (non-hydrogen) atoms. The summed E-state index contributed by atoms with van der Waals surface area (Å²) in [6, 6.07) is 20.6. The Bertz CT molecular complexity index is 643. The maximum atomic E-state index is 12.1.